The number of carbonyl (C=O) groups excluding carboxylic acids is 2. The minimum absolute atomic E-state index is 0.00925. The van der Waals surface area contributed by atoms with Gasteiger partial charge in [0.1, 0.15) is 11.4 Å². The average molecular weight is 385 g/mol. The van der Waals surface area contributed by atoms with Gasteiger partial charge in [0.25, 0.3) is 5.91 Å². The number of pyridine rings is 1. The summed E-state index contributed by atoms with van der Waals surface area (Å²) in [7, 11) is 0. The lowest BCUT2D eigenvalue weighted by atomic mass is 10.1. The van der Waals surface area contributed by atoms with E-state index in [0.29, 0.717) is 29.7 Å². The van der Waals surface area contributed by atoms with E-state index in [9.17, 15) is 9.59 Å². The lowest BCUT2D eigenvalue weighted by Gasteiger charge is -2.26. The zero-order valence-corrected chi connectivity index (χ0v) is 16.6. The molecule has 2 amide bonds. The van der Waals surface area contributed by atoms with Crippen molar-refractivity contribution in [1.82, 2.24) is 10.3 Å². The number of anilines is 1. The normalized spacial score (nSPS) is 16.2. The van der Waals surface area contributed by atoms with Crippen LogP contribution in [0.5, 0.6) is 0 Å². The Morgan fingerprint density at radius 3 is 2.81 bits per heavy atom. The number of carbonyl (C=O) groups is 2. The van der Waals surface area contributed by atoms with Crippen LogP contribution in [0.1, 0.15) is 48.8 Å². The highest BCUT2D eigenvalue weighted by atomic mass is 32.1. The first-order valence-electron chi connectivity index (χ1n) is 9.21. The third kappa shape index (κ3) is 3.83. The van der Waals surface area contributed by atoms with E-state index in [4.69, 9.17) is 4.74 Å². The van der Waals surface area contributed by atoms with Crippen molar-refractivity contribution in [2.75, 3.05) is 11.4 Å². The number of aromatic nitrogens is 1. The standard InChI is InChI=1S/C20H23N3O3S/c1-20(2,3)26-19(25)23-10-8-12-11-15(18(24)22-13-6-7-13)27-16(12)14-5-4-9-21-17(14)23/h4-5,9,11,13H,6-8,10H2,1-3H3,(H,22,24). The lowest BCUT2D eigenvalue weighted by Crippen LogP contribution is -2.38. The fourth-order valence-electron chi connectivity index (χ4n) is 3.06. The van der Waals surface area contributed by atoms with Crippen molar-refractivity contribution in [2.24, 2.45) is 0 Å². The summed E-state index contributed by atoms with van der Waals surface area (Å²) in [6.45, 7) is 6.02. The molecule has 0 radical (unpaired) electrons. The van der Waals surface area contributed by atoms with E-state index in [-0.39, 0.29) is 5.91 Å². The molecule has 4 rings (SSSR count). The number of thiophene rings is 1. The number of hydrogen-bond acceptors (Lipinski definition) is 5. The SMILES string of the molecule is CC(C)(C)OC(=O)N1CCc2cc(C(=O)NC3CC3)sc2-c2cccnc21. The highest BCUT2D eigenvalue weighted by Gasteiger charge is 2.31. The van der Waals surface area contributed by atoms with Crippen molar-refractivity contribution >= 4 is 29.2 Å². The number of nitrogens with zero attached hydrogens (tertiary/aromatic N) is 2. The Morgan fingerprint density at radius 1 is 1.33 bits per heavy atom. The van der Waals surface area contributed by atoms with E-state index in [2.05, 4.69) is 10.3 Å². The molecule has 0 saturated heterocycles. The summed E-state index contributed by atoms with van der Waals surface area (Å²) in [5.41, 5.74) is 1.37. The average Bonchev–Trinajstić information content (AvgIpc) is 3.33. The van der Waals surface area contributed by atoms with Gasteiger partial charge in [-0.25, -0.2) is 9.78 Å². The summed E-state index contributed by atoms with van der Waals surface area (Å²) < 4.78 is 5.56. The molecule has 0 unspecified atom stereocenters. The van der Waals surface area contributed by atoms with Crippen molar-refractivity contribution in [3.05, 3.63) is 34.8 Å². The van der Waals surface area contributed by atoms with Gasteiger partial charge < -0.3 is 10.1 Å². The molecule has 2 aliphatic rings. The highest BCUT2D eigenvalue weighted by molar-refractivity contribution is 7.17. The van der Waals surface area contributed by atoms with Crippen LogP contribution < -0.4 is 10.2 Å². The number of rotatable bonds is 2. The molecule has 3 heterocycles. The molecule has 6 nitrogen and oxygen atoms in total. The maximum atomic E-state index is 12.7. The molecule has 0 atom stereocenters. The summed E-state index contributed by atoms with van der Waals surface area (Å²) in [4.78, 5) is 32.9. The summed E-state index contributed by atoms with van der Waals surface area (Å²) >= 11 is 1.47. The van der Waals surface area contributed by atoms with Crippen molar-refractivity contribution in [2.45, 2.75) is 51.7 Å². The van der Waals surface area contributed by atoms with Gasteiger partial charge in [-0.3, -0.25) is 9.69 Å². The molecule has 0 bridgehead atoms. The van der Waals surface area contributed by atoms with Crippen LogP contribution in [-0.2, 0) is 11.2 Å². The molecular formula is C20H23N3O3S. The van der Waals surface area contributed by atoms with E-state index >= 15 is 0 Å². The van der Waals surface area contributed by atoms with E-state index in [1.165, 1.54) is 11.3 Å². The van der Waals surface area contributed by atoms with Gasteiger partial charge in [0, 0.05) is 29.2 Å². The molecule has 1 aliphatic heterocycles. The van der Waals surface area contributed by atoms with Gasteiger partial charge in [0.2, 0.25) is 0 Å². The Hall–Kier alpha value is -2.41. The lowest BCUT2D eigenvalue weighted by molar-refractivity contribution is 0.0579. The van der Waals surface area contributed by atoms with Crippen LogP contribution in [0.4, 0.5) is 10.6 Å². The van der Waals surface area contributed by atoms with Gasteiger partial charge in [0.15, 0.2) is 0 Å². The molecule has 142 valence electrons. The second-order valence-electron chi connectivity index (χ2n) is 7.97. The van der Waals surface area contributed by atoms with Crippen molar-refractivity contribution in [1.29, 1.82) is 0 Å². The third-order valence-corrected chi connectivity index (χ3v) is 5.66. The second kappa shape index (κ2) is 6.64. The quantitative estimate of drug-likeness (QED) is 0.848. The smallest absolute Gasteiger partial charge is 0.416 e. The van der Waals surface area contributed by atoms with Crippen LogP contribution in [0.15, 0.2) is 24.4 Å². The number of amides is 2. The number of fused-ring (bicyclic) bond motifs is 3. The predicted octanol–water partition coefficient (Wildman–Crippen LogP) is 4.00. The summed E-state index contributed by atoms with van der Waals surface area (Å²) in [6, 6.07) is 6.08. The predicted molar refractivity (Wildman–Crippen MR) is 105 cm³/mol. The van der Waals surface area contributed by atoms with Gasteiger partial charge in [-0.1, -0.05) is 0 Å². The maximum absolute atomic E-state index is 12.7. The van der Waals surface area contributed by atoms with Crippen molar-refractivity contribution in [3.8, 4) is 10.4 Å². The Balaban J connectivity index is 1.68. The summed E-state index contributed by atoms with van der Waals surface area (Å²) in [5.74, 6) is 0.575. The van der Waals surface area contributed by atoms with E-state index in [1.54, 1.807) is 11.1 Å². The first-order chi connectivity index (χ1) is 12.8. The minimum atomic E-state index is -0.572. The molecule has 1 aliphatic carbocycles. The Morgan fingerprint density at radius 2 is 2.11 bits per heavy atom. The van der Waals surface area contributed by atoms with Crippen LogP contribution in [-0.4, -0.2) is 35.2 Å². The fourth-order valence-corrected chi connectivity index (χ4v) is 4.19. The molecule has 0 spiro atoms. The molecule has 1 saturated carbocycles. The Bertz CT molecular complexity index is 896. The second-order valence-corrected chi connectivity index (χ2v) is 9.02. The van der Waals surface area contributed by atoms with Crippen LogP contribution in [0.3, 0.4) is 0 Å². The van der Waals surface area contributed by atoms with Crippen LogP contribution in [0.25, 0.3) is 10.4 Å². The summed E-state index contributed by atoms with van der Waals surface area (Å²) in [6.07, 6.45) is 4.06. The first kappa shape index (κ1) is 18.0. The number of ether oxygens (including phenoxy) is 1. The maximum Gasteiger partial charge on any atom is 0.416 e. The highest BCUT2D eigenvalue weighted by Crippen LogP contribution is 2.40. The molecule has 2 aromatic rings. The van der Waals surface area contributed by atoms with E-state index < -0.39 is 11.7 Å². The Kier molecular flexibility index (Phi) is 4.42. The molecular weight excluding hydrogens is 362 g/mol. The zero-order valence-electron chi connectivity index (χ0n) is 15.7. The monoisotopic (exact) mass is 385 g/mol. The zero-order chi connectivity index (χ0) is 19.2. The largest absolute Gasteiger partial charge is 0.443 e. The molecule has 27 heavy (non-hydrogen) atoms. The topological polar surface area (TPSA) is 71.5 Å². The summed E-state index contributed by atoms with van der Waals surface area (Å²) in [5, 5.41) is 3.04. The van der Waals surface area contributed by atoms with E-state index in [0.717, 1.165) is 28.8 Å². The van der Waals surface area contributed by atoms with E-state index in [1.807, 2.05) is 39.0 Å². The van der Waals surface area contributed by atoms with Gasteiger partial charge in [-0.2, -0.15) is 0 Å². The molecule has 0 aromatic carbocycles. The van der Waals surface area contributed by atoms with Gasteiger partial charge in [-0.05, 0) is 63.8 Å². The third-order valence-electron chi connectivity index (χ3n) is 4.45. The molecule has 1 N–H and O–H groups in total. The van der Waals surface area contributed by atoms with Gasteiger partial charge >= 0.3 is 6.09 Å². The van der Waals surface area contributed by atoms with Gasteiger partial charge in [0.05, 0.1) is 4.88 Å². The van der Waals surface area contributed by atoms with Crippen LogP contribution in [0, 0.1) is 0 Å². The van der Waals surface area contributed by atoms with Crippen molar-refractivity contribution in [3.63, 3.8) is 0 Å². The molecule has 7 heteroatoms. The van der Waals surface area contributed by atoms with Crippen molar-refractivity contribution < 1.29 is 14.3 Å². The van der Waals surface area contributed by atoms with Crippen LogP contribution >= 0.6 is 11.3 Å². The first-order valence-corrected chi connectivity index (χ1v) is 10.0. The minimum Gasteiger partial charge on any atom is -0.443 e. The van der Waals surface area contributed by atoms with Gasteiger partial charge in [-0.15, -0.1) is 11.3 Å². The number of hydrogen-bond donors (Lipinski definition) is 1. The van der Waals surface area contributed by atoms with Crippen LogP contribution in [0.2, 0.25) is 0 Å². The molecule has 2 aromatic heterocycles. The fraction of sp³-hybridized carbons (Fsp3) is 0.450. The number of nitrogens with one attached hydrogen (secondary N) is 1. The molecule has 1 fully saturated rings. The Labute approximate surface area is 162 Å².